The molecule has 0 saturated heterocycles. The van der Waals surface area contributed by atoms with Gasteiger partial charge in [0.05, 0.1) is 6.26 Å². The smallest absolute Gasteiger partial charge is 0.287 e. The van der Waals surface area contributed by atoms with Crippen LogP contribution in [0.1, 0.15) is 23.3 Å². The number of pyridine rings is 1. The molecule has 136 valence electrons. The van der Waals surface area contributed by atoms with Crippen LogP contribution in [0.15, 0.2) is 52.2 Å². The number of furan rings is 1. The number of nitrogens with zero attached hydrogens (tertiary/aromatic N) is 4. The molecule has 0 aliphatic rings. The van der Waals surface area contributed by atoms with Crippen molar-refractivity contribution < 1.29 is 9.21 Å². The molecule has 3 aromatic heterocycles. The summed E-state index contributed by atoms with van der Waals surface area (Å²) >= 11 is 0. The van der Waals surface area contributed by atoms with Gasteiger partial charge in [0.2, 0.25) is 0 Å². The number of hydrogen-bond acceptors (Lipinski definition) is 5. The number of aliphatic imine (C=N–C) groups is 1. The van der Waals surface area contributed by atoms with Gasteiger partial charge in [-0.1, -0.05) is 6.07 Å². The lowest BCUT2D eigenvalue weighted by molar-refractivity contribution is 0.0926. The summed E-state index contributed by atoms with van der Waals surface area (Å²) in [5.74, 6) is 1.45. The first-order valence-electron chi connectivity index (χ1n) is 8.40. The lowest BCUT2D eigenvalue weighted by atomic mass is 10.4. The van der Waals surface area contributed by atoms with E-state index < -0.39 is 0 Å². The van der Waals surface area contributed by atoms with E-state index in [2.05, 4.69) is 31.1 Å². The Morgan fingerprint density at radius 3 is 2.85 bits per heavy atom. The molecule has 3 aromatic rings. The zero-order chi connectivity index (χ0) is 18.2. The van der Waals surface area contributed by atoms with E-state index in [4.69, 9.17) is 4.42 Å². The maximum absolute atomic E-state index is 11.8. The molecule has 0 radical (unpaired) electrons. The van der Waals surface area contributed by atoms with Gasteiger partial charge < -0.3 is 20.4 Å². The summed E-state index contributed by atoms with van der Waals surface area (Å²) in [4.78, 5) is 16.3. The number of guanidine groups is 1. The minimum Gasteiger partial charge on any atom is -0.459 e. The number of rotatable bonds is 7. The second-order valence-electron chi connectivity index (χ2n) is 5.40. The summed E-state index contributed by atoms with van der Waals surface area (Å²) in [6.45, 7) is 4.07. The first kappa shape index (κ1) is 17.5. The Balaban J connectivity index is 1.51. The number of carbonyl (C=O) groups excluding carboxylic acids is 1. The van der Waals surface area contributed by atoms with E-state index in [1.54, 1.807) is 12.1 Å². The van der Waals surface area contributed by atoms with Crippen molar-refractivity contribution >= 4 is 17.5 Å². The Bertz CT molecular complexity index is 870. The summed E-state index contributed by atoms with van der Waals surface area (Å²) in [5, 5.41) is 17.4. The average molecular weight is 355 g/mol. The van der Waals surface area contributed by atoms with E-state index in [0.717, 1.165) is 18.0 Å². The highest BCUT2D eigenvalue weighted by Crippen LogP contribution is 2.03. The van der Waals surface area contributed by atoms with Crippen LogP contribution in [0.2, 0.25) is 0 Å². The molecule has 0 unspecified atom stereocenters. The van der Waals surface area contributed by atoms with E-state index in [1.807, 2.05) is 35.7 Å². The molecule has 9 heteroatoms. The topological polar surface area (TPSA) is 109 Å². The summed E-state index contributed by atoms with van der Waals surface area (Å²) in [6, 6.07) is 9.04. The fourth-order valence-electron chi connectivity index (χ4n) is 2.34. The number of aromatic nitrogens is 3. The third-order valence-electron chi connectivity index (χ3n) is 3.56. The van der Waals surface area contributed by atoms with Gasteiger partial charge >= 0.3 is 0 Å². The van der Waals surface area contributed by atoms with Crippen molar-refractivity contribution in [3.8, 4) is 0 Å². The van der Waals surface area contributed by atoms with Crippen LogP contribution in [0.3, 0.4) is 0 Å². The van der Waals surface area contributed by atoms with Crippen LogP contribution in [0.25, 0.3) is 5.65 Å². The molecule has 0 spiro atoms. The Kier molecular flexibility index (Phi) is 5.81. The fourth-order valence-corrected chi connectivity index (χ4v) is 2.34. The molecule has 3 N–H and O–H groups in total. The standard InChI is InChI=1S/C17H21N7O2/c1-2-18-17(20-9-8-19-16(25)13-6-5-11-26-13)21-12-15-23-22-14-7-3-4-10-24(14)15/h3-7,10-11H,2,8-9,12H2,1H3,(H,19,25)(H2,18,20,21). The van der Waals surface area contributed by atoms with E-state index in [9.17, 15) is 4.79 Å². The van der Waals surface area contributed by atoms with E-state index >= 15 is 0 Å². The summed E-state index contributed by atoms with van der Waals surface area (Å²) in [7, 11) is 0. The second kappa shape index (κ2) is 8.65. The molecule has 0 saturated carbocycles. The molecule has 3 heterocycles. The van der Waals surface area contributed by atoms with Crippen LogP contribution >= 0.6 is 0 Å². The molecule has 9 nitrogen and oxygen atoms in total. The van der Waals surface area contributed by atoms with Gasteiger partial charge in [-0.3, -0.25) is 9.20 Å². The van der Waals surface area contributed by atoms with Crippen LogP contribution < -0.4 is 16.0 Å². The minimum atomic E-state index is -0.242. The number of amides is 1. The van der Waals surface area contributed by atoms with Crippen molar-refractivity contribution in [3.05, 3.63) is 54.4 Å². The number of fused-ring (bicyclic) bond motifs is 1. The lowest BCUT2D eigenvalue weighted by Crippen LogP contribution is -2.41. The summed E-state index contributed by atoms with van der Waals surface area (Å²) in [5.41, 5.74) is 0.788. The molecule has 0 atom stereocenters. The molecule has 0 aliphatic heterocycles. The first-order chi connectivity index (χ1) is 12.8. The normalized spacial score (nSPS) is 11.5. The Morgan fingerprint density at radius 1 is 1.15 bits per heavy atom. The monoisotopic (exact) mass is 355 g/mol. The second-order valence-corrected chi connectivity index (χ2v) is 5.40. The van der Waals surface area contributed by atoms with Crippen molar-refractivity contribution in [2.75, 3.05) is 19.6 Å². The minimum absolute atomic E-state index is 0.242. The van der Waals surface area contributed by atoms with Crippen LogP contribution in [0, 0.1) is 0 Å². The highest BCUT2D eigenvalue weighted by Gasteiger charge is 2.07. The predicted octanol–water partition coefficient (Wildman–Crippen LogP) is 0.807. The molecular weight excluding hydrogens is 334 g/mol. The third-order valence-corrected chi connectivity index (χ3v) is 3.56. The van der Waals surface area contributed by atoms with Crippen LogP contribution in [0.4, 0.5) is 0 Å². The predicted molar refractivity (Wildman–Crippen MR) is 96.8 cm³/mol. The van der Waals surface area contributed by atoms with Gasteiger partial charge in [0.15, 0.2) is 23.2 Å². The molecular formula is C17H21N7O2. The molecule has 0 bridgehead atoms. The van der Waals surface area contributed by atoms with Crippen LogP contribution in [-0.2, 0) is 6.54 Å². The van der Waals surface area contributed by atoms with Crippen molar-refractivity contribution in [2.45, 2.75) is 13.5 Å². The summed E-state index contributed by atoms with van der Waals surface area (Å²) < 4.78 is 6.94. The van der Waals surface area contributed by atoms with Crippen molar-refractivity contribution in [3.63, 3.8) is 0 Å². The lowest BCUT2D eigenvalue weighted by Gasteiger charge is -2.11. The molecule has 0 fully saturated rings. The Morgan fingerprint density at radius 2 is 2.04 bits per heavy atom. The maximum atomic E-state index is 11.8. The Labute approximate surface area is 150 Å². The van der Waals surface area contributed by atoms with Crippen LogP contribution in [-0.4, -0.2) is 46.1 Å². The van der Waals surface area contributed by atoms with Crippen LogP contribution in [0.5, 0.6) is 0 Å². The van der Waals surface area contributed by atoms with Crippen molar-refractivity contribution in [1.29, 1.82) is 0 Å². The van der Waals surface area contributed by atoms with E-state index in [-0.39, 0.29) is 5.91 Å². The van der Waals surface area contributed by atoms with Gasteiger partial charge in [0, 0.05) is 25.8 Å². The molecule has 26 heavy (non-hydrogen) atoms. The molecule has 0 aliphatic carbocycles. The van der Waals surface area contributed by atoms with Gasteiger partial charge in [-0.25, -0.2) is 4.99 Å². The van der Waals surface area contributed by atoms with Gasteiger partial charge in [0.25, 0.3) is 5.91 Å². The van der Waals surface area contributed by atoms with Crippen molar-refractivity contribution in [2.24, 2.45) is 4.99 Å². The third kappa shape index (κ3) is 4.38. The van der Waals surface area contributed by atoms with Gasteiger partial charge in [0.1, 0.15) is 6.54 Å². The largest absolute Gasteiger partial charge is 0.459 e. The summed E-state index contributed by atoms with van der Waals surface area (Å²) in [6.07, 6.45) is 3.38. The van der Waals surface area contributed by atoms with E-state index in [0.29, 0.717) is 31.4 Å². The van der Waals surface area contributed by atoms with Gasteiger partial charge in [-0.2, -0.15) is 0 Å². The highest BCUT2D eigenvalue weighted by atomic mass is 16.3. The SMILES string of the molecule is CCNC(=NCc1nnc2ccccn12)NCCNC(=O)c1ccco1. The molecule has 3 rings (SSSR count). The number of carbonyl (C=O) groups is 1. The maximum Gasteiger partial charge on any atom is 0.287 e. The molecule has 0 aromatic carbocycles. The quantitative estimate of drug-likeness (QED) is 0.329. The number of nitrogens with one attached hydrogen (secondary N) is 3. The van der Waals surface area contributed by atoms with Gasteiger partial charge in [-0.15, -0.1) is 10.2 Å². The van der Waals surface area contributed by atoms with Crippen molar-refractivity contribution in [1.82, 2.24) is 30.5 Å². The van der Waals surface area contributed by atoms with E-state index in [1.165, 1.54) is 6.26 Å². The Hall–Kier alpha value is -3.36. The number of hydrogen-bond donors (Lipinski definition) is 3. The zero-order valence-corrected chi connectivity index (χ0v) is 14.5. The fraction of sp³-hybridized carbons (Fsp3) is 0.294. The first-order valence-corrected chi connectivity index (χ1v) is 8.40. The highest BCUT2D eigenvalue weighted by molar-refractivity contribution is 5.91. The molecule has 1 amide bonds. The average Bonchev–Trinajstić information content (AvgIpc) is 3.33. The zero-order valence-electron chi connectivity index (χ0n) is 14.5. The van der Waals surface area contributed by atoms with Gasteiger partial charge in [-0.05, 0) is 31.2 Å².